The molecule has 3 aromatic heterocycles. The predicted molar refractivity (Wildman–Crippen MR) is 196 cm³/mol. The Labute approximate surface area is 280 Å². The topological polar surface area (TPSA) is 64.5 Å². The van der Waals surface area contributed by atoms with Gasteiger partial charge in [-0.1, -0.05) is 154 Å². The Kier molecular flexibility index (Phi) is 7.30. The lowest BCUT2D eigenvalue weighted by Gasteiger charge is -2.19. The second-order valence-corrected chi connectivity index (χ2v) is 13.0. The average molecular weight is 620 g/mol. The molecule has 0 N–H and O–H groups in total. The second kappa shape index (κ2) is 11.9. The van der Waals surface area contributed by atoms with Crippen LogP contribution in [0.25, 0.3) is 78.4 Å². The fourth-order valence-electron chi connectivity index (χ4n) is 6.02. The van der Waals surface area contributed by atoms with Gasteiger partial charge in [-0.15, -0.1) is 0 Å². The number of fused-ring (bicyclic) bond motifs is 3. The number of aromatic nitrogens is 5. The summed E-state index contributed by atoms with van der Waals surface area (Å²) in [6.07, 6.45) is 0. The molecule has 0 aliphatic rings. The molecule has 3 heterocycles. The summed E-state index contributed by atoms with van der Waals surface area (Å²) >= 11 is 0. The molecule has 0 aliphatic carbocycles. The van der Waals surface area contributed by atoms with Crippen LogP contribution >= 0.6 is 0 Å². The minimum atomic E-state index is -0.0815. The zero-order chi connectivity index (χ0) is 32.7. The Morgan fingerprint density at radius 3 is 1.42 bits per heavy atom. The summed E-state index contributed by atoms with van der Waals surface area (Å²) in [6, 6.07) is 49.7. The molecular formula is C43H33N5. The highest BCUT2D eigenvalue weighted by Gasteiger charge is 2.19. The molecule has 0 spiro atoms. The second-order valence-electron chi connectivity index (χ2n) is 13.0. The van der Waals surface area contributed by atoms with Crippen LogP contribution in [0.3, 0.4) is 0 Å². The molecule has 5 nitrogen and oxygen atoms in total. The Hall–Kier alpha value is -6.07. The molecule has 5 heteroatoms. The Morgan fingerprint density at radius 2 is 0.875 bits per heavy atom. The van der Waals surface area contributed by atoms with Gasteiger partial charge in [-0.05, 0) is 23.3 Å². The lowest BCUT2D eigenvalue weighted by molar-refractivity contribution is 0.571. The summed E-state index contributed by atoms with van der Waals surface area (Å²) < 4.78 is 0. The molecule has 0 unspecified atom stereocenters. The zero-order valence-corrected chi connectivity index (χ0v) is 27.1. The molecule has 0 atom stereocenters. The maximum absolute atomic E-state index is 5.29. The Morgan fingerprint density at radius 1 is 0.396 bits per heavy atom. The molecule has 48 heavy (non-hydrogen) atoms. The van der Waals surface area contributed by atoms with Gasteiger partial charge < -0.3 is 0 Å². The minimum Gasteiger partial charge on any atom is -0.250 e. The number of hydrogen-bond acceptors (Lipinski definition) is 5. The standard InChI is InChI=1S/C43H33N5/c1-43(2,3)37-26-24-30-23-25-34-35(28-13-7-4-8-14-28)27-36(44-39(34)38(30)45-37)29-19-21-33(22-20-29)42-47-40(31-15-9-5-10-16-31)46-41(48-42)32-17-11-6-12-18-32/h4-27H,1-3H3. The third-order valence-corrected chi connectivity index (χ3v) is 8.63. The van der Waals surface area contributed by atoms with E-state index in [9.17, 15) is 0 Å². The number of hydrogen-bond donors (Lipinski definition) is 0. The van der Waals surface area contributed by atoms with Crippen LogP contribution in [0.5, 0.6) is 0 Å². The average Bonchev–Trinajstić information content (AvgIpc) is 3.14. The molecule has 0 radical (unpaired) electrons. The van der Waals surface area contributed by atoms with Crippen LogP contribution in [-0.2, 0) is 5.41 Å². The van der Waals surface area contributed by atoms with E-state index in [2.05, 4.69) is 99.6 Å². The normalized spacial score (nSPS) is 11.6. The predicted octanol–water partition coefficient (Wildman–Crippen LogP) is 10.6. The summed E-state index contributed by atoms with van der Waals surface area (Å²) in [5.74, 6) is 1.90. The Balaban J connectivity index is 1.28. The zero-order valence-electron chi connectivity index (χ0n) is 27.1. The number of nitrogens with zero attached hydrogens (tertiary/aromatic N) is 5. The first-order valence-corrected chi connectivity index (χ1v) is 16.2. The maximum atomic E-state index is 5.29. The van der Waals surface area contributed by atoms with E-state index >= 15 is 0 Å². The van der Waals surface area contributed by atoms with E-state index in [0.29, 0.717) is 17.5 Å². The van der Waals surface area contributed by atoms with Crippen molar-refractivity contribution in [1.29, 1.82) is 0 Å². The van der Waals surface area contributed by atoms with Crippen LogP contribution in [0, 0.1) is 0 Å². The molecule has 0 bridgehead atoms. The van der Waals surface area contributed by atoms with Gasteiger partial charge in [0.1, 0.15) is 0 Å². The fraction of sp³-hybridized carbons (Fsp3) is 0.0930. The highest BCUT2D eigenvalue weighted by atomic mass is 15.0. The van der Waals surface area contributed by atoms with Crippen molar-refractivity contribution in [3.05, 3.63) is 151 Å². The van der Waals surface area contributed by atoms with E-state index in [0.717, 1.165) is 66.6 Å². The van der Waals surface area contributed by atoms with Crippen molar-refractivity contribution < 1.29 is 0 Å². The van der Waals surface area contributed by atoms with Crippen molar-refractivity contribution in [3.63, 3.8) is 0 Å². The first-order chi connectivity index (χ1) is 23.4. The van der Waals surface area contributed by atoms with Gasteiger partial charge in [0.25, 0.3) is 0 Å². The molecule has 8 rings (SSSR count). The van der Waals surface area contributed by atoms with Crippen LogP contribution in [-0.4, -0.2) is 24.9 Å². The summed E-state index contributed by atoms with van der Waals surface area (Å²) in [4.78, 5) is 25.1. The van der Waals surface area contributed by atoms with Crippen molar-refractivity contribution in [2.75, 3.05) is 0 Å². The lowest BCUT2D eigenvalue weighted by atomic mass is 9.91. The molecule has 5 aromatic carbocycles. The lowest BCUT2D eigenvalue weighted by Crippen LogP contribution is -2.13. The van der Waals surface area contributed by atoms with Crippen molar-refractivity contribution in [2.24, 2.45) is 0 Å². The smallest absolute Gasteiger partial charge is 0.164 e. The van der Waals surface area contributed by atoms with E-state index in [1.54, 1.807) is 0 Å². The first kappa shape index (κ1) is 29.3. The summed E-state index contributed by atoms with van der Waals surface area (Å²) in [7, 11) is 0. The van der Waals surface area contributed by atoms with Crippen LogP contribution < -0.4 is 0 Å². The SMILES string of the molecule is CC(C)(C)c1ccc2ccc3c(-c4ccccc4)cc(-c4ccc(-c5nc(-c6ccccc6)nc(-c6ccccc6)n5)cc4)nc3c2n1. The maximum Gasteiger partial charge on any atom is 0.164 e. The third-order valence-electron chi connectivity index (χ3n) is 8.63. The molecule has 0 amide bonds. The van der Waals surface area contributed by atoms with E-state index in [1.807, 2.05) is 66.7 Å². The number of pyridine rings is 2. The van der Waals surface area contributed by atoms with Gasteiger partial charge in [-0.2, -0.15) is 0 Å². The third kappa shape index (κ3) is 5.60. The molecular weight excluding hydrogens is 587 g/mol. The van der Waals surface area contributed by atoms with E-state index < -0.39 is 0 Å². The summed E-state index contributed by atoms with van der Waals surface area (Å²) in [5.41, 5.74) is 9.73. The first-order valence-electron chi connectivity index (χ1n) is 16.2. The number of benzene rings is 5. The molecule has 0 saturated heterocycles. The van der Waals surface area contributed by atoms with Gasteiger partial charge in [0, 0.05) is 44.1 Å². The van der Waals surface area contributed by atoms with Crippen LogP contribution in [0.1, 0.15) is 26.5 Å². The molecule has 0 fully saturated rings. The van der Waals surface area contributed by atoms with E-state index in [-0.39, 0.29) is 5.41 Å². The van der Waals surface area contributed by atoms with Crippen molar-refractivity contribution in [3.8, 4) is 56.5 Å². The van der Waals surface area contributed by atoms with Crippen LogP contribution in [0.15, 0.2) is 146 Å². The molecule has 0 aliphatic heterocycles. The highest BCUT2D eigenvalue weighted by molar-refractivity contribution is 6.09. The highest BCUT2D eigenvalue weighted by Crippen LogP contribution is 2.36. The molecule has 0 saturated carbocycles. The van der Waals surface area contributed by atoms with Crippen LogP contribution in [0.4, 0.5) is 0 Å². The van der Waals surface area contributed by atoms with Gasteiger partial charge in [0.15, 0.2) is 17.5 Å². The van der Waals surface area contributed by atoms with Gasteiger partial charge in [0.05, 0.1) is 16.7 Å². The van der Waals surface area contributed by atoms with E-state index in [4.69, 9.17) is 24.9 Å². The summed E-state index contributed by atoms with van der Waals surface area (Å²) in [6.45, 7) is 6.58. The fourth-order valence-corrected chi connectivity index (χ4v) is 6.02. The van der Waals surface area contributed by atoms with Crippen LogP contribution in [0.2, 0.25) is 0 Å². The van der Waals surface area contributed by atoms with E-state index in [1.165, 1.54) is 0 Å². The van der Waals surface area contributed by atoms with Crippen molar-refractivity contribution in [1.82, 2.24) is 24.9 Å². The largest absolute Gasteiger partial charge is 0.250 e. The van der Waals surface area contributed by atoms with Gasteiger partial charge >= 0.3 is 0 Å². The Bertz CT molecular complexity index is 2340. The quantitative estimate of drug-likeness (QED) is 0.179. The number of rotatable bonds is 5. The summed E-state index contributed by atoms with van der Waals surface area (Å²) in [5, 5.41) is 2.16. The molecule has 8 aromatic rings. The van der Waals surface area contributed by atoms with Gasteiger partial charge in [0.2, 0.25) is 0 Å². The van der Waals surface area contributed by atoms with Crippen molar-refractivity contribution in [2.45, 2.75) is 26.2 Å². The van der Waals surface area contributed by atoms with Crippen molar-refractivity contribution >= 4 is 21.8 Å². The minimum absolute atomic E-state index is 0.0815. The monoisotopic (exact) mass is 619 g/mol. The van der Waals surface area contributed by atoms with Gasteiger partial charge in [-0.25, -0.2) is 24.9 Å². The van der Waals surface area contributed by atoms with Gasteiger partial charge in [-0.3, -0.25) is 0 Å². The molecule has 230 valence electrons.